The third-order valence-corrected chi connectivity index (χ3v) is 3.51. The van der Waals surface area contributed by atoms with Crippen molar-refractivity contribution < 1.29 is 14.5 Å². The van der Waals surface area contributed by atoms with Gasteiger partial charge in [-0.3, -0.25) is 14.9 Å². The average molecular weight is 314 g/mol. The molecule has 1 amide bonds. The van der Waals surface area contributed by atoms with E-state index in [-0.39, 0.29) is 17.3 Å². The van der Waals surface area contributed by atoms with Gasteiger partial charge in [0.2, 0.25) is 0 Å². The first kappa shape index (κ1) is 16.5. The molecule has 0 spiro atoms. The number of benzene rings is 2. The lowest BCUT2D eigenvalue weighted by molar-refractivity contribution is -0.386. The molecule has 6 heteroatoms. The van der Waals surface area contributed by atoms with Crippen molar-refractivity contribution in [2.75, 3.05) is 5.32 Å². The Morgan fingerprint density at radius 3 is 2.52 bits per heavy atom. The standard InChI is InChI=1S/C17H18N2O4/c1-11-8-9-14(10-12(11)2)18-17(20)13(3)23-16-7-5-4-6-15(16)19(21)22/h4-10,13H,1-3H3,(H,18,20)/t13-/m0/s1. The van der Waals surface area contributed by atoms with Crippen molar-refractivity contribution in [3.8, 4) is 5.75 Å². The summed E-state index contributed by atoms with van der Waals surface area (Å²) in [5.74, 6) is -0.299. The Bertz CT molecular complexity index is 743. The smallest absolute Gasteiger partial charge is 0.310 e. The van der Waals surface area contributed by atoms with Crippen molar-refractivity contribution >= 4 is 17.3 Å². The zero-order valence-electron chi connectivity index (χ0n) is 13.2. The summed E-state index contributed by atoms with van der Waals surface area (Å²) in [4.78, 5) is 22.6. The SMILES string of the molecule is Cc1ccc(NC(=O)[C@H](C)Oc2ccccc2[N+](=O)[O-])cc1C. The minimum Gasteiger partial charge on any atom is -0.474 e. The van der Waals surface area contributed by atoms with E-state index in [9.17, 15) is 14.9 Å². The lowest BCUT2D eigenvalue weighted by Gasteiger charge is -2.15. The molecule has 23 heavy (non-hydrogen) atoms. The number of rotatable bonds is 5. The summed E-state index contributed by atoms with van der Waals surface area (Å²) in [5.41, 5.74) is 2.69. The second-order valence-electron chi connectivity index (χ2n) is 5.27. The summed E-state index contributed by atoms with van der Waals surface area (Å²) in [6.07, 6.45) is -0.863. The predicted octanol–water partition coefficient (Wildman–Crippen LogP) is 3.62. The highest BCUT2D eigenvalue weighted by Crippen LogP contribution is 2.27. The van der Waals surface area contributed by atoms with Gasteiger partial charge in [0.05, 0.1) is 4.92 Å². The van der Waals surface area contributed by atoms with Gasteiger partial charge in [-0.25, -0.2) is 0 Å². The van der Waals surface area contributed by atoms with E-state index in [0.29, 0.717) is 5.69 Å². The van der Waals surface area contributed by atoms with Gasteiger partial charge in [-0.1, -0.05) is 18.2 Å². The topological polar surface area (TPSA) is 81.5 Å². The van der Waals surface area contributed by atoms with Crippen LogP contribution in [0, 0.1) is 24.0 Å². The Morgan fingerprint density at radius 1 is 1.17 bits per heavy atom. The molecule has 6 nitrogen and oxygen atoms in total. The molecule has 2 aromatic rings. The fourth-order valence-electron chi connectivity index (χ4n) is 2.01. The van der Waals surface area contributed by atoms with Crippen molar-refractivity contribution in [1.82, 2.24) is 0 Å². The van der Waals surface area contributed by atoms with Crippen molar-refractivity contribution in [2.45, 2.75) is 26.9 Å². The minimum absolute atomic E-state index is 0.0697. The highest BCUT2D eigenvalue weighted by molar-refractivity contribution is 5.94. The second kappa shape index (κ2) is 6.91. The number of para-hydroxylation sites is 2. The average Bonchev–Trinajstić information content (AvgIpc) is 2.51. The Hall–Kier alpha value is -2.89. The molecular weight excluding hydrogens is 296 g/mol. The summed E-state index contributed by atoms with van der Waals surface area (Å²) in [7, 11) is 0. The van der Waals surface area contributed by atoms with Gasteiger partial charge in [0.15, 0.2) is 11.9 Å². The molecule has 2 rings (SSSR count). The number of nitrogens with one attached hydrogen (secondary N) is 1. The van der Waals surface area contributed by atoms with E-state index in [0.717, 1.165) is 11.1 Å². The van der Waals surface area contributed by atoms with Crippen LogP contribution in [0.2, 0.25) is 0 Å². The summed E-state index contributed by atoms with van der Waals surface area (Å²) < 4.78 is 5.44. The number of carbonyl (C=O) groups excluding carboxylic acids is 1. The van der Waals surface area contributed by atoms with Crippen molar-refractivity contribution in [1.29, 1.82) is 0 Å². The van der Waals surface area contributed by atoms with Gasteiger partial charge >= 0.3 is 5.69 Å². The Kier molecular flexibility index (Phi) is 4.95. The first-order chi connectivity index (χ1) is 10.9. The molecule has 0 fully saturated rings. The van der Waals surface area contributed by atoms with Crippen molar-refractivity contribution in [2.24, 2.45) is 0 Å². The van der Waals surface area contributed by atoms with Crippen LogP contribution in [0.4, 0.5) is 11.4 Å². The van der Waals surface area contributed by atoms with Gasteiger partial charge in [-0.05, 0) is 50.1 Å². The van der Waals surface area contributed by atoms with Crippen LogP contribution in [0.1, 0.15) is 18.1 Å². The maximum atomic E-state index is 12.2. The van der Waals surface area contributed by atoms with E-state index in [4.69, 9.17) is 4.74 Å². The molecule has 0 aliphatic heterocycles. The molecule has 2 aromatic carbocycles. The van der Waals surface area contributed by atoms with Gasteiger partial charge in [0.25, 0.3) is 5.91 Å². The summed E-state index contributed by atoms with van der Waals surface area (Å²) >= 11 is 0. The number of aryl methyl sites for hydroxylation is 2. The molecule has 1 atom stereocenters. The summed E-state index contributed by atoms with van der Waals surface area (Å²) in [5, 5.41) is 13.7. The number of carbonyl (C=O) groups is 1. The zero-order chi connectivity index (χ0) is 17.0. The van der Waals surface area contributed by atoms with Gasteiger partial charge in [-0.2, -0.15) is 0 Å². The molecular formula is C17H18N2O4. The monoisotopic (exact) mass is 314 g/mol. The normalized spacial score (nSPS) is 11.6. The van der Waals surface area contributed by atoms with Crippen LogP contribution in [0.15, 0.2) is 42.5 Å². The molecule has 0 heterocycles. The van der Waals surface area contributed by atoms with Gasteiger partial charge in [0, 0.05) is 11.8 Å². The van der Waals surface area contributed by atoms with E-state index in [1.807, 2.05) is 26.0 Å². The molecule has 0 saturated heterocycles. The largest absolute Gasteiger partial charge is 0.474 e. The third kappa shape index (κ3) is 4.06. The Labute approximate surface area is 134 Å². The van der Waals surface area contributed by atoms with E-state index in [1.54, 1.807) is 25.1 Å². The van der Waals surface area contributed by atoms with E-state index >= 15 is 0 Å². The summed E-state index contributed by atoms with van der Waals surface area (Å²) in [6, 6.07) is 11.6. The third-order valence-electron chi connectivity index (χ3n) is 3.51. The van der Waals surface area contributed by atoms with Crippen LogP contribution in [0.25, 0.3) is 0 Å². The van der Waals surface area contributed by atoms with Crippen LogP contribution in [-0.4, -0.2) is 16.9 Å². The number of hydrogen-bond acceptors (Lipinski definition) is 4. The van der Waals surface area contributed by atoms with Crippen LogP contribution in [-0.2, 0) is 4.79 Å². The maximum Gasteiger partial charge on any atom is 0.310 e. The molecule has 0 saturated carbocycles. The van der Waals surface area contributed by atoms with Crippen molar-refractivity contribution in [3.63, 3.8) is 0 Å². The molecule has 0 aliphatic carbocycles. The highest BCUT2D eigenvalue weighted by Gasteiger charge is 2.20. The molecule has 0 unspecified atom stereocenters. The minimum atomic E-state index is -0.863. The van der Waals surface area contributed by atoms with E-state index in [1.165, 1.54) is 12.1 Å². The number of nitro groups is 1. The number of nitro benzene ring substituents is 1. The van der Waals surface area contributed by atoms with Crippen molar-refractivity contribution in [3.05, 3.63) is 63.7 Å². The second-order valence-corrected chi connectivity index (χ2v) is 5.27. The predicted molar refractivity (Wildman–Crippen MR) is 87.7 cm³/mol. The first-order valence-electron chi connectivity index (χ1n) is 7.16. The Balaban J connectivity index is 2.08. The lowest BCUT2D eigenvalue weighted by Crippen LogP contribution is -2.30. The van der Waals surface area contributed by atoms with Crippen LogP contribution < -0.4 is 10.1 Å². The maximum absolute atomic E-state index is 12.2. The molecule has 0 bridgehead atoms. The number of amides is 1. The van der Waals surface area contributed by atoms with E-state index < -0.39 is 11.0 Å². The summed E-state index contributed by atoms with van der Waals surface area (Å²) in [6.45, 7) is 5.49. The molecule has 120 valence electrons. The van der Waals surface area contributed by atoms with Crippen LogP contribution in [0.3, 0.4) is 0 Å². The number of anilines is 1. The zero-order valence-corrected chi connectivity index (χ0v) is 13.2. The van der Waals surface area contributed by atoms with Gasteiger partial charge in [0.1, 0.15) is 0 Å². The number of hydrogen-bond donors (Lipinski definition) is 1. The van der Waals surface area contributed by atoms with Crippen LogP contribution in [0.5, 0.6) is 5.75 Å². The number of ether oxygens (including phenoxy) is 1. The molecule has 0 aliphatic rings. The molecule has 1 N–H and O–H groups in total. The fraction of sp³-hybridized carbons (Fsp3) is 0.235. The van der Waals surface area contributed by atoms with Gasteiger partial charge < -0.3 is 10.1 Å². The Morgan fingerprint density at radius 2 is 1.87 bits per heavy atom. The van der Waals surface area contributed by atoms with Crippen LogP contribution >= 0.6 is 0 Å². The fourth-order valence-corrected chi connectivity index (χ4v) is 2.01. The lowest BCUT2D eigenvalue weighted by atomic mass is 10.1. The number of nitrogens with zero attached hydrogens (tertiary/aromatic N) is 1. The molecule has 0 aromatic heterocycles. The molecule has 0 radical (unpaired) electrons. The van der Waals surface area contributed by atoms with E-state index in [2.05, 4.69) is 5.32 Å². The quantitative estimate of drug-likeness (QED) is 0.675. The first-order valence-corrected chi connectivity index (χ1v) is 7.16. The van der Waals surface area contributed by atoms with Gasteiger partial charge in [-0.15, -0.1) is 0 Å². The highest BCUT2D eigenvalue weighted by atomic mass is 16.6.